The van der Waals surface area contributed by atoms with E-state index in [0.717, 1.165) is 36.4 Å². The number of hydrogen-bond donors (Lipinski definition) is 2. The van der Waals surface area contributed by atoms with Crippen LogP contribution in [-0.4, -0.2) is 25.6 Å². The Labute approximate surface area is 128 Å². The summed E-state index contributed by atoms with van der Waals surface area (Å²) in [6, 6.07) is 6.06. The van der Waals surface area contributed by atoms with Crippen LogP contribution in [0.4, 0.5) is 0 Å². The highest BCUT2D eigenvalue weighted by molar-refractivity contribution is 5.77. The first kappa shape index (κ1) is 17.5. The number of ether oxygens (including phenoxy) is 1. The summed E-state index contributed by atoms with van der Waals surface area (Å²) in [5.41, 5.74) is 2.16. The van der Waals surface area contributed by atoms with Crippen molar-refractivity contribution in [3.8, 4) is 5.75 Å². The maximum Gasteiger partial charge on any atom is 0.257 e. The normalized spacial score (nSPS) is 10.7. The largest absolute Gasteiger partial charge is 0.483 e. The monoisotopic (exact) mass is 292 g/mol. The first-order valence-corrected chi connectivity index (χ1v) is 7.73. The SMILES string of the molecule is CCCNCc1cccc(C)c1OCC(=O)NCC(C)C. The van der Waals surface area contributed by atoms with Gasteiger partial charge >= 0.3 is 0 Å². The van der Waals surface area contributed by atoms with Crippen molar-refractivity contribution in [2.24, 2.45) is 5.92 Å². The Morgan fingerprint density at radius 3 is 2.76 bits per heavy atom. The number of hydrogen-bond acceptors (Lipinski definition) is 3. The van der Waals surface area contributed by atoms with Crippen molar-refractivity contribution in [3.63, 3.8) is 0 Å². The van der Waals surface area contributed by atoms with Gasteiger partial charge in [0.2, 0.25) is 0 Å². The minimum absolute atomic E-state index is 0.0678. The Morgan fingerprint density at radius 2 is 2.10 bits per heavy atom. The average Bonchev–Trinajstić information content (AvgIpc) is 2.44. The second-order valence-electron chi connectivity index (χ2n) is 5.73. The number of carbonyl (C=O) groups is 1. The van der Waals surface area contributed by atoms with Crippen LogP contribution in [0.15, 0.2) is 18.2 Å². The van der Waals surface area contributed by atoms with Crippen LogP contribution in [0.2, 0.25) is 0 Å². The molecule has 0 aliphatic carbocycles. The second kappa shape index (κ2) is 9.40. The molecule has 4 heteroatoms. The van der Waals surface area contributed by atoms with Crippen LogP contribution in [0.3, 0.4) is 0 Å². The van der Waals surface area contributed by atoms with Crippen molar-refractivity contribution < 1.29 is 9.53 Å². The third kappa shape index (κ3) is 6.63. The molecule has 0 saturated carbocycles. The van der Waals surface area contributed by atoms with E-state index in [9.17, 15) is 4.79 Å². The van der Waals surface area contributed by atoms with Gasteiger partial charge in [-0.2, -0.15) is 0 Å². The molecule has 0 radical (unpaired) electrons. The first-order chi connectivity index (χ1) is 10.0. The first-order valence-electron chi connectivity index (χ1n) is 7.73. The molecule has 1 aromatic rings. The van der Waals surface area contributed by atoms with E-state index in [2.05, 4.69) is 31.4 Å². The highest BCUT2D eigenvalue weighted by Crippen LogP contribution is 2.23. The molecule has 0 heterocycles. The highest BCUT2D eigenvalue weighted by Gasteiger charge is 2.09. The lowest BCUT2D eigenvalue weighted by Crippen LogP contribution is -2.32. The molecule has 0 fully saturated rings. The predicted molar refractivity (Wildman–Crippen MR) is 86.5 cm³/mol. The number of rotatable bonds is 9. The minimum Gasteiger partial charge on any atom is -0.483 e. The van der Waals surface area contributed by atoms with Crippen LogP contribution in [0.1, 0.15) is 38.3 Å². The van der Waals surface area contributed by atoms with Gasteiger partial charge in [-0.25, -0.2) is 0 Å². The van der Waals surface area contributed by atoms with Gasteiger partial charge in [0, 0.05) is 18.7 Å². The van der Waals surface area contributed by atoms with Crippen LogP contribution in [-0.2, 0) is 11.3 Å². The van der Waals surface area contributed by atoms with Crippen LogP contribution in [0.5, 0.6) is 5.75 Å². The molecule has 1 rings (SSSR count). The number of para-hydroxylation sites is 1. The fourth-order valence-corrected chi connectivity index (χ4v) is 1.97. The summed E-state index contributed by atoms with van der Waals surface area (Å²) in [6.07, 6.45) is 1.10. The molecule has 118 valence electrons. The summed E-state index contributed by atoms with van der Waals surface area (Å²) in [6.45, 7) is 10.8. The number of amides is 1. The van der Waals surface area contributed by atoms with Gasteiger partial charge in [-0.1, -0.05) is 39.0 Å². The molecule has 0 saturated heterocycles. The smallest absolute Gasteiger partial charge is 0.257 e. The Bertz CT molecular complexity index is 444. The molecule has 0 bridgehead atoms. The summed E-state index contributed by atoms with van der Waals surface area (Å²) < 4.78 is 5.74. The lowest BCUT2D eigenvalue weighted by atomic mass is 10.1. The maximum atomic E-state index is 11.8. The molecule has 0 aliphatic rings. The van der Waals surface area contributed by atoms with Crippen molar-refractivity contribution in [2.75, 3.05) is 19.7 Å². The fraction of sp³-hybridized carbons (Fsp3) is 0.588. The highest BCUT2D eigenvalue weighted by atomic mass is 16.5. The average molecular weight is 292 g/mol. The summed E-state index contributed by atoms with van der Waals surface area (Å²) in [4.78, 5) is 11.8. The molecule has 0 spiro atoms. The van der Waals surface area contributed by atoms with E-state index >= 15 is 0 Å². The van der Waals surface area contributed by atoms with E-state index in [1.807, 2.05) is 25.1 Å². The number of nitrogens with one attached hydrogen (secondary N) is 2. The van der Waals surface area contributed by atoms with Gasteiger partial charge in [-0.05, 0) is 31.4 Å². The summed E-state index contributed by atoms with van der Waals surface area (Å²) in [5, 5.41) is 6.23. The van der Waals surface area contributed by atoms with Crippen LogP contribution in [0, 0.1) is 12.8 Å². The zero-order chi connectivity index (χ0) is 15.7. The molecule has 1 aromatic carbocycles. The van der Waals surface area contributed by atoms with Gasteiger partial charge in [0.15, 0.2) is 6.61 Å². The number of aryl methyl sites for hydroxylation is 1. The maximum absolute atomic E-state index is 11.8. The Kier molecular flexibility index (Phi) is 7.83. The lowest BCUT2D eigenvalue weighted by Gasteiger charge is -2.15. The van der Waals surface area contributed by atoms with Crippen LogP contribution >= 0.6 is 0 Å². The topological polar surface area (TPSA) is 50.4 Å². The molecular weight excluding hydrogens is 264 g/mol. The van der Waals surface area contributed by atoms with Gasteiger partial charge in [-0.15, -0.1) is 0 Å². The molecule has 0 aliphatic heterocycles. The van der Waals surface area contributed by atoms with E-state index in [1.54, 1.807) is 0 Å². The van der Waals surface area contributed by atoms with E-state index in [1.165, 1.54) is 0 Å². The zero-order valence-electron chi connectivity index (χ0n) is 13.7. The Morgan fingerprint density at radius 1 is 1.33 bits per heavy atom. The van der Waals surface area contributed by atoms with Gasteiger partial charge < -0.3 is 15.4 Å². The zero-order valence-corrected chi connectivity index (χ0v) is 13.7. The molecule has 0 atom stereocenters. The van der Waals surface area contributed by atoms with Gasteiger partial charge in [0.1, 0.15) is 5.75 Å². The fourth-order valence-electron chi connectivity index (χ4n) is 1.97. The van der Waals surface area contributed by atoms with Crippen molar-refractivity contribution in [1.29, 1.82) is 0 Å². The van der Waals surface area contributed by atoms with Crippen LogP contribution in [0.25, 0.3) is 0 Å². The van der Waals surface area contributed by atoms with E-state index in [4.69, 9.17) is 4.74 Å². The van der Waals surface area contributed by atoms with Crippen molar-refractivity contribution in [2.45, 2.75) is 40.7 Å². The molecule has 1 amide bonds. The minimum atomic E-state index is -0.0700. The summed E-state index contributed by atoms with van der Waals surface area (Å²) in [5.74, 6) is 1.20. The molecule has 0 aromatic heterocycles. The van der Waals surface area contributed by atoms with Gasteiger partial charge in [0.05, 0.1) is 0 Å². The summed E-state index contributed by atoms with van der Waals surface area (Å²) in [7, 11) is 0. The number of carbonyl (C=O) groups excluding carboxylic acids is 1. The van der Waals surface area contributed by atoms with E-state index in [-0.39, 0.29) is 12.5 Å². The van der Waals surface area contributed by atoms with E-state index < -0.39 is 0 Å². The van der Waals surface area contributed by atoms with E-state index in [0.29, 0.717) is 12.5 Å². The number of benzene rings is 1. The van der Waals surface area contributed by atoms with Gasteiger partial charge in [0.25, 0.3) is 5.91 Å². The molecular formula is C17H28N2O2. The molecule has 0 unspecified atom stereocenters. The quantitative estimate of drug-likeness (QED) is 0.688. The predicted octanol–water partition coefficient (Wildman–Crippen LogP) is 2.65. The van der Waals surface area contributed by atoms with Crippen molar-refractivity contribution >= 4 is 5.91 Å². The lowest BCUT2D eigenvalue weighted by molar-refractivity contribution is -0.123. The van der Waals surface area contributed by atoms with Gasteiger partial charge in [-0.3, -0.25) is 4.79 Å². The van der Waals surface area contributed by atoms with Crippen molar-refractivity contribution in [3.05, 3.63) is 29.3 Å². The second-order valence-corrected chi connectivity index (χ2v) is 5.73. The summed E-state index contributed by atoms with van der Waals surface area (Å²) >= 11 is 0. The molecule has 2 N–H and O–H groups in total. The molecule has 4 nitrogen and oxygen atoms in total. The van der Waals surface area contributed by atoms with Crippen LogP contribution < -0.4 is 15.4 Å². The standard InChI is InChI=1S/C17H28N2O2/c1-5-9-18-11-15-8-6-7-14(4)17(15)21-12-16(20)19-10-13(2)3/h6-8,13,18H,5,9-12H2,1-4H3,(H,19,20). The third-order valence-electron chi connectivity index (χ3n) is 3.09. The van der Waals surface area contributed by atoms with Crippen molar-refractivity contribution in [1.82, 2.24) is 10.6 Å². The molecule has 21 heavy (non-hydrogen) atoms. The Hall–Kier alpha value is -1.55. The third-order valence-corrected chi connectivity index (χ3v) is 3.09. The Balaban J connectivity index is 2.58.